The van der Waals surface area contributed by atoms with Gasteiger partial charge in [-0.15, -0.1) is 0 Å². The first-order valence-corrected chi connectivity index (χ1v) is 8.24. The zero-order valence-corrected chi connectivity index (χ0v) is 14.4. The van der Waals surface area contributed by atoms with Gasteiger partial charge < -0.3 is 0 Å². The van der Waals surface area contributed by atoms with Gasteiger partial charge in [0, 0.05) is 6.54 Å². The van der Waals surface area contributed by atoms with E-state index in [0.717, 1.165) is 16.7 Å². The minimum absolute atomic E-state index is 0.0105. The highest BCUT2D eigenvalue weighted by molar-refractivity contribution is 6.55. The van der Waals surface area contributed by atoms with Crippen LogP contribution in [-0.4, -0.2) is 23.3 Å². The summed E-state index contributed by atoms with van der Waals surface area (Å²) < 4.78 is 0. The molecular formula is C20H18ClNO2. The van der Waals surface area contributed by atoms with E-state index in [1.165, 1.54) is 4.90 Å². The molecule has 2 aromatic carbocycles. The van der Waals surface area contributed by atoms with Crippen molar-refractivity contribution in [3.63, 3.8) is 0 Å². The quantitative estimate of drug-likeness (QED) is 0.793. The van der Waals surface area contributed by atoms with Crippen molar-refractivity contribution in [2.24, 2.45) is 0 Å². The minimum Gasteiger partial charge on any atom is -0.273 e. The smallest absolute Gasteiger partial charge is 0.273 e. The lowest BCUT2D eigenvalue weighted by Crippen LogP contribution is -2.33. The lowest BCUT2D eigenvalue weighted by atomic mass is 10.0. The average molecular weight is 340 g/mol. The Labute approximate surface area is 146 Å². The van der Waals surface area contributed by atoms with Crippen molar-refractivity contribution in [1.29, 1.82) is 0 Å². The zero-order chi connectivity index (χ0) is 17.3. The third-order valence-corrected chi connectivity index (χ3v) is 4.72. The van der Waals surface area contributed by atoms with Crippen LogP contribution in [0.2, 0.25) is 0 Å². The Morgan fingerprint density at radius 2 is 1.62 bits per heavy atom. The number of hydrogen-bond acceptors (Lipinski definition) is 2. The molecule has 0 saturated carbocycles. The number of rotatable bonds is 4. The monoisotopic (exact) mass is 339 g/mol. The first kappa shape index (κ1) is 16.5. The van der Waals surface area contributed by atoms with Gasteiger partial charge in [-0.1, -0.05) is 60.1 Å². The molecule has 3 nitrogen and oxygen atoms in total. The largest absolute Gasteiger partial charge is 0.273 e. The highest BCUT2D eigenvalue weighted by atomic mass is 35.5. The van der Waals surface area contributed by atoms with E-state index in [2.05, 4.69) is 0 Å². The average Bonchev–Trinajstić information content (AvgIpc) is 2.79. The SMILES string of the molecule is Cc1ccc(C2=C(Cl)C(=O)N(CCc3ccccc3)C2=O)cc1C. The number of hydrogen-bond donors (Lipinski definition) is 0. The maximum atomic E-state index is 12.7. The minimum atomic E-state index is -0.411. The van der Waals surface area contributed by atoms with Crippen LogP contribution in [0.4, 0.5) is 0 Å². The molecule has 0 atom stereocenters. The Bertz CT molecular complexity index is 840. The van der Waals surface area contributed by atoms with Gasteiger partial charge in [0.15, 0.2) is 0 Å². The van der Waals surface area contributed by atoms with Crippen molar-refractivity contribution in [2.45, 2.75) is 20.3 Å². The molecule has 0 fully saturated rings. The fourth-order valence-electron chi connectivity index (χ4n) is 2.78. The predicted octanol–water partition coefficient (Wildman–Crippen LogP) is 3.86. The Kier molecular flexibility index (Phi) is 4.54. The van der Waals surface area contributed by atoms with Gasteiger partial charge in [-0.05, 0) is 42.5 Å². The lowest BCUT2D eigenvalue weighted by molar-refractivity contribution is -0.136. The van der Waals surface area contributed by atoms with Crippen LogP contribution in [0, 0.1) is 13.8 Å². The van der Waals surface area contributed by atoms with Crippen LogP contribution in [0.5, 0.6) is 0 Å². The summed E-state index contributed by atoms with van der Waals surface area (Å²) in [5, 5.41) is 0.0105. The molecule has 122 valence electrons. The van der Waals surface area contributed by atoms with Crippen molar-refractivity contribution in [2.75, 3.05) is 6.54 Å². The van der Waals surface area contributed by atoms with Gasteiger partial charge in [-0.3, -0.25) is 14.5 Å². The van der Waals surface area contributed by atoms with Crippen molar-refractivity contribution >= 4 is 29.0 Å². The van der Waals surface area contributed by atoms with Gasteiger partial charge in [-0.25, -0.2) is 0 Å². The molecule has 0 aromatic heterocycles. The summed E-state index contributed by atoms with van der Waals surface area (Å²) in [6, 6.07) is 15.4. The maximum Gasteiger partial charge on any atom is 0.273 e. The highest BCUT2D eigenvalue weighted by Gasteiger charge is 2.37. The fourth-order valence-corrected chi connectivity index (χ4v) is 3.07. The summed E-state index contributed by atoms with van der Waals surface area (Å²) >= 11 is 6.19. The van der Waals surface area contributed by atoms with Crippen LogP contribution in [0.25, 0.3) is 5.57 Å². The molecule has 3 rings (SSSR count). The highest BCUT2D eigenvalue weighted by Crippen LogP contribution is 2.32. The topological polar surface area (TPSA) is 37.4 Å². The molecule has 2 aromatic rings. The molecule has 4 heteroatoms. The van der Waals surface area contributed by atoms with Crippen LogP contribution in [0.3, 0.4) is 0 Å². The summed E-state index contributed by atoms with van der Waals surface area (Å²) in [6.07, 6.45) is 0.614. The van der Waals surface area contributed by atoms with Gasteiger partial charge in [0.25, 0.3) is 11.8 Å². The van der Waals surface area contributed by atoms with Crippen molar-refractivity contribution < 1.29 is 9.59 Å². The van der Waals surface area contributed by atoms with E-state index in [9.17, 15) is 9.59 Å². The second-order valence-corrected chi connectivity index (χ2v) is 6.36. The summed E-state index contributed by atoms with van der Waals surface area (Å²) in [4.78, 5) is 26.3. The molecule has 0 unspecified atom stereocenters. The van der Waals surface area contributed by atoms with E-state index in [1.807, 2.05) is 62.4 Å². The number of amides is 2. The molecule has 0 N–H and O–H groups in total. The van der Waals surface area contributed by atoms with E-state index in [-0.39, 0.29) is 10.9 Å². The van der Waals surface area contributed by atoms with Gasteiger partial charge >= 0.3 is 0 Å². The molecule has 0 saturated heterocycles. The number of aryl methyl sites for hydroxylation is 2. The van der Waals surface area contributed by atoms with E-state index in [1.54, 1.807) is 0 Å². The zero-order valence-electron chi connectivity index (χ0n) is 13.7. The van der Waals surface area contributed by atoms with Gasteiger partial charge in [0.1, 0.15) is 5.03 Å². The molecule has 24 heavy (non-hydrogen) atoms. The Morgan fingerprint density at radius 3 is 2.29 bits per heavy atom. The van der Waals surface area contributed by atoms with Crippen LogP contribution < -0.4 is 0 Å². The third-order valence-electron chi connectivity index (χ3n) is 4.37. The molecule has 2 amide bonds. The van der Waals surface area contributed by atoms with E-state index in [4.69, 9.17) is 11.6 Å². The number of halogens is 1. The van der Waals surface area contributed by atoms with Crippen LogP contribution in [-0.2, 0) is 16.0 Å². The van der Waals surface area contributed by atoms with Crippen LogP contribution in [0.1, 0.15) is 22.3 Å². The molecular weight excluding hydrogens is 322 g/mol. The van der Waals surface area contributed by atoms with Crippen molar-refractivity contribution in [3.8, 4) is 0 Å². The van der Waals surface area contributed by atoms with E-state index >= 15 is 0 Å². The number of nitrogens with zero attached hydrogens (tertiary/aromatic N) is 1. The molecule has 1 heterocycles. The van der Waals surface area contributed by atoms with Gasteiger partial charge in [0.05, 0.1) is 5.57 Å². The summed E-state index contributed by atoms with van der Waals surface area (Å²) in [5.41, 5.74) is 4.27. The van der Waals surface area contributed by atoms with E-state index < -0.39 is 5.91 Å². The first-order chi connectivity index (χ1) is 11.5. The molecule has 1 aliphatic heterocycles. The summed E-state index contributed by atoms with van der Waals surface area (Å²) in [6.45, 7) is 4.30. The number of imide groups is 1. The molecule has 0 bridgehead atoms. The molecule has 0 spiro atoms. The Balaban J connectivity index is 1.83. The van der Waals surface area contributed by atoms with Crippen LogP contribution in [0.15, 0.2) is 53.6 Å². The van der Waals surface area contributed by atoms with Crippen LogP contribution >= 0.6 is 11.6 Å². The number of carbonyl (C=O) groups excluding carboxylic acids is 2. The normalized spacial score (nSPS) is 14.7. The number of carbonyl (C=O) groups is 2. The second kappa shape index (κ2) is 6.62. The van der Waals surface area contributed by atoms with Crippen molar-refractivity contribution in [1.82, 2.24) is 4.90 Å². The Morgan fingerprint density at radius 1 is 0.917 bits per heavy atom. The maximum absolute atomic E-state index is 12.7. The summed E-state index contributed by atoms with van der Waals surface area (Å²) in [7, 11) is 0. The van der Waals surface area contributed by atoms with Gasteiger partial charge in [-0.2, -0.15) is 0 Å². The number of benzene rings is 2. The Hall–Kier alpha value is -2.39. The van der Waals surface area contributed by atoms with Gasteiger partial charge in [0.2, 0.25) is 0 Å². The predicted molar refractivity (Wildman–Crippen MR) is 95.6 cm³/mol. The first-order valence-electron chi connectivity index (χ1n) is 7.86. The van der Waals surface area contributed by atoms with Crippen molar-refractivity contribution in [3.05, 3.63) is 75.8 Å². The molecule has 0 aliphatic carbocycles. The second-order valence-electron chi connectivity index (χ2n) is 5.99. The lowest BCUT2D eigenvalue weighted by Gasteiger charge is -2.15. The standard InChI is InChI=1S/C20H18ClNO2/c1-13-8-9-16(12-14(13)2)17-18(21)20(24)22(19(17)23)11-10-15-6-4-3-5-7-15/h3-9,12H,10-11H2,1-2H3. The summed E-state index contributed by atoms with van der Waals surface area (Å²) in [5.74, 6) is -0.727. The third kappa shape index (κ3) is 3.00. The molecule has 0 radical (unpaired) electrons. The fraction of sp³-hybridized carbons (Fsp3) is 0.200. The van der Waals surface area contributed by atoms with E-state index in [0.29, 0.717) is 24.1 Å². The molecule has 1 aliphatic rings.